The highest BCUT2D eigenvalue weighted by molar-refractivity contribution is 5.81. The van der Waals surface area contributed by atoms with E-state index < -0.39 is 0 Å². The van der Waals surface area contributed by atoms with Gasteiger partial charge in [0.15, 0.2) is 0 Å². The van der Waals surface area contributed by atoms with Crippen LogP contribution in [0.3, 0.4) is 0 Å². The van der Waals surface area contributed by atoms with Gasteiger partial charge < -0.3 is 10.1 Å². The number of nitrogens with one attached hydrogen (secondary N) is 1. The van der Waals surface area contributed by atoms with E-state index in [1.807, 2.05) is 24.4 Å². The molecule has 2 heterocycles. The average molecular weight is 240 g/mol. The molecule has 1 aromatic heterocycles. The molecule has 0 saturated carbocycles. The summed E-state index contributed by atoms with van der Waals surface area (Å²) >= 11 is 0. The summed E-state index contributed by atoms with van der Waals surface area (Å²) < 4.78 is 5.52. The van der Waals surface area contributed by atoms with Gasteiger partial charge in [-0.1, -0.05) is 18.2 Å². The van der Waals surface area contributed by atoms with Crippen molar-refractivity contribution in [2.45, 2.75) is 18.9 Å². The Morgan fingerprint density at radius 1 is 1.33 bits per heavy atom. The van der Waals surface area contributed by atoms with Crippen LogP contribution in [0.25, 0.3) is 10.9 Å². The third-order valence-corrected chi connectivity index (χ3v) is 3.15. The van der Waals surface area contributed by atoms with E-state index >= 15 is 0 Å². The molecule has 2 aromatic rings. The summed E-state index contributed by atoms with van der Waals surface area (Å²) in [4.78, 5) is 4.43. The minimum Gasteiger partial charge on any atom is -0.497 e. The highest BCUT2D eigenvalue weighted by Crippen LogP contribution is 2.17. The first kappa shape index (κ1) is 11.1. The van der Waals surface area contributed by atoms with Crippen molar-refractivity contribution in [3.8, 4) is 0 Å². The van der Waals surface area contributed by atoms with E-state index in [0.717, 1.165) is 36.0 Å². The van der Waals surface area contributed by atoms with E-state index in [-0.39, 0.29) is 6.10 Å². The molecular weight excluding hydrogens is 224 g/mol. The van der Waals surface area contributed by atoms with Gasteiger partial charge in [0.25, 0.3) is 0 Å². The summed E-state index contributed by atoms with van der Waals surface area (Å²) in [7, 11) is 0. The number of rotatable bonds is 3. The van der Waals surface area contributed by atoms with Crippen molar-refractivity contribution in [1.29, 1.82) is 0 Å². The van der Waals surface area contributed by atoms with Crippen molar-refractivity contribution in [3.05, 3.63) is 48.9 Å². The van der Waals surface area contributed by atoms with Crippen LogP contribution in [0.2, 0.25) is 0 Å². The van der Waals surface area contributed by atoms with Crippen molar-refractivity contribution in [3.63, 3.8) is 0 Å². The fourth-order valence-electron chi connectivity index (χ4n) is 2.13. The first-order valence-electron chi connectivity index (χ1n) is 6.31. The van der Waals surface area contributed by atoms with Gasteiger partial charge in [-0.15, -0.1) is 0 Å². The smallest absolute Gasteiger partial charge is 0.115 e. The van der Waals surface area contributed by atoms with E-state index in [9.17, 15) is 0 Å². The molecule has 3 rings (SSSR count). The number of anilines is 1. The lowest BCUT2D eigenvalue weighted by molar-refractivity contribution is 0.135. The van der Waals surface area contributed by atoms with Crippen LogP contribution in [-0.4, -0.2) is 17.6 Å². The maximum atomic E-state index is 5.52. The normalized spacial score (nSPS) is 18.6. The third-order valence-electron chi connectivity index (χ3n) is 3.15. The Balaban J connectivity index is 1.69. The number of para-hydroxylation sites is 1. The Kier molecular flexibility index (Phi) is 3.13. The van der Waals surface area contributed by atoms with E-state index in [2.05, 4.69) is 28.5 Å². The number of aromatic nitrogens is 1. The lowest BCUT2D eigenvalue weighted by Gasteiger charge is -2.20. The Morgan fingerprint density at radius 2 is 2.28 bits per heavy atom. The van der Waals surface area contributed by atoms with E-state index in [1.54, 1.807) is 6.26 Å². The molecule has 1 atom stereocenters. The van der Waals surface area contributed by atoms with Crippen LogP contribution in [0.4, 0.5) is 5.69 Å². The second-order valence-electron chi connectivity index (χ2n) is 4.50. The molecule has 0 fully saturated rings. The molecule has 1 aliphatic heterocycles. The zero-order valence-corrected chi connectivity index (χ0v) is 10.2. The van der Waals surface area contributed by atoms with E-state index in [4.69, 9.17) is 4.74 Å². The van der Waals surface area contributed by atoms with Crippen LogP contribution in [-0.2, 0) is 4.74 Å². The second-order valence-corrected chi connectivity index (χ2v) is 4.50. The summed E-state index contributed by atoms with van der Waals surface area (Å²) in [6.07, 6.45) is 8.18. The highest BCUT2D eigenvalue weighted by atomic mass is 16.5. The molecule has 1 unspecified atom stereocenters. The van der Waals surface area contributed by atoms with Crippen LogP contribution < -0.4 is 5.32 Å². The summed E-state index contributed by atoms with van der Waals surface area (Å²) in [5.41, 5.74) is 2.08. The van der Waals surface area contributed by atoms with Gasteiger partial charge in [0.1, 0.15) is 6.10 Å². The molecule has 1 aliphatic rings. The number of hydrogen-bond donors (Lipinski definition) is 1. The second kappa shape index (κ2) is 5.08. The standard InChI is InChI=1S/C15H16N2O/c1-2-7-15-12(5-1)9-13(10-17-15)16-11-14-6-3-4-8-18-14/h1-2,4-5,7-10,14,16H,3,6,11H2. The average Bonchev–Trinajstić information content (AvgIpc) is 2.46. The predicted octanol–water partition coefficient (Wildman–Crippen LogP) is 3.34. The van der Waals surface area contributed by atoms with Gasteiger partial charge in [0.05, 0.1) is 30.2 Å². The first-order valence-corrected chi connectivity index (χ1v) is 6.31. The molecule has 0 amide bonds. The third kappa shape index (κ3) is 2.45. The maximum absolute atomic E-state index is 5.52. The van der Waals surface area contributed by atoms with E-state index in [1.165, 1.54) is 0 Å². The van der Waals surface area contributed by atoms with Gasteiger partial charge in [0, 0.05) is 5.39 Å². The van der Waals surface area contributed by atoms with Crippen LogP contribution >= 0.6 is 0 Å². The SMILES string of the molecule is C1=COC(CNc2cnc3ccccc3c2)CC1. The minimum atomic E-state index is 0.265. The predicted molar refractivity (Wildman–Crippen MR) is 73.5 cm³/mol. The topological polar surface area (TPSA) is 34.1 Å². The van der Waals surface area contributed by atoms with Crippen molar-refractivity contribution in [1.82, 2.24) is 4.98 Å². The molecule has 92 valence electrons. The van der Waals surface area contributed by atoms with Gasteiger partial charge in [0.2, 0.25) is 0 Å². The van der Waals surface area contributed by atoms with Gasteiger partial charge >= 0.3 is 0 Å². The summed E-state index contributed by atoms with van der Waals surface area (Å²) in [5.74, 6) is 0. The monoisotopic (exact) mass is 240 g/mol. The Labute approximate surface area is 106 Å². The molecule has 0 bridgehead atoms. The van der Waals surface area contributed by atoms with Crippen molar-refractivity contribution in [2.24, 2.45) is 0 Å². The van der Waals surface area contributed by atoms with E-state index in [0.29, 0.717) is 0 Å². The number of fused-ring (bicyclic) bond motifs is 1. The number of nitrogens with zero attached hydrogens (tertiary/aromatic N) is 1. The number of pyridine rings is 1. The number of hydrogen-bond acceptors (Lipinski definition) is 3. The fourth-order valence-corrected chi connectivity index (χ4v) is 2.13. The first-order chi connectivity index (χ1) is 8.92. The summed E-state index contributed by atoms with van der Waals surface area (Å²) in [6, 6.07) is 10.3. The fraction of sp³-hybridized carbons (Fsp3) is 0.267. The molecule has 0 aliphatic carbocycles. The maximum Gasteiger partial charge on any atom is 0.115 e. The van der Waals surface area contributed by atoms with Crippen LogP contribution in [0.1, 0.15) is 12.8 Å². The molecular formula is C15H16N2O. The molecule has 0 spiro atoms. The summed E-state index contributed by atoms with van der Waals surface area (Å²) in [5, 5.41) is 4.54. The van der Waals surface area contributed by atoms with Gasteiger partial charge in [-0.05, 0) is 31.1 Å². The Bertz CT molecular complexity index is 565. The number of allylic oxidation sites excluding steroid dienone is 1. The number of benzene rings is 1. The Morgan fingerprint density at radius 3 is 3.17 bits per heavy atom. The largest absolute Gasteiger partial charge is 0.497 e. The van der Waals surface area contributed by atoms with Crippen LogP contribution in [0.15, 0.2) is 48.9 Å². The van der Waals surface area contributed by atoms with Gasteiger partial charge in [-0.3, -0.25) is 4.98 Å². The van der Waals surface area contributed by atoms with Crippen molar-refractivity contribution >= 4 is 16.6 Å². The Hall–Kier alpha value is -2.03. The zero-order chi connectivity index (χ0) is 12.2. The highest BCUT2D eigenvalue weighted by Gasteiger charge is 2.10. The molecule has 1 aromatic carbocycles. The zero-order valence-electron chi connectivity index (χ0n) is 10.2. The van der Waals surface area contributed by atoms with Crippen LogP contribution in [0.5, 0.6) is 0 Å². The molecule has 3 nitrogen and oxygen atoms in total. The minimum absolute atomic E-state index is 0.265. The van der Waals surface area contributed by atoms with Gasteiger partial charge in [-0.25, -0.2) is 0 Å². The van der Waals surface area contributed by atoms with Gasteiger partial charge in [-0.2, -0.15) is 0 Å². The number of ether oxygens (including phenoxy) is 1. The molecule has 1 N–H and O–H groups in total. The molecule has 3 heteroatoms. The quantitative estimate of drug-likeness (QED) is 0.893. The lowest BCUT2D eigenvalue weighted by Crippen LogP contribution is -2.22. The summed E-state index contributed by atoms with van der Waals surface area (Å²) in [6.45, 7) is 0.824. The van der Waals surface area contributed by atoms with Crippen molar-refractivity contribution < 1.29 is 4.74 Å². The lowest BCUT2D eigenvalue weighted by atomic mass is 10.1. The molecule has 0 saturated heterocycles. The molecule has 18 heavy (non-hydrogen) atoms. The van der Waals surface area contributed by atoms with Crippen molar-refractivity contribution in [2.75, 3.05) is 11.9 Å². The van der Waals surface area contributed by atoms with Crippen LogP contribution in [0, 0.1) is 0 Å². The molecule has 0 radical (unpaired) electrons.